The first-order valence-corrected chi connectivity index (χ1v) is 12.4. The van der Waals surface area contributed by atoms with Crippen molar-refractivity contribution < 1.29 is 24.1 Å². The van der Waals surface area contributed by atoms with E-state index in [9.17, 15) is 14.7 Å². The average molecular weight is 509 g/mol. The second-order valence-electron chi connectivity index (χ2n) is 8.44. The van der Waals surface area contributed by atoms with Gasteiger partial charge in [-0.05, 0) is 57.5 Å². The summed E-state index contributed by atoms with van der Waals surface area (Å²) in [4.78, 5) is 32.0. The molecule has 1 aliphatic rings. The fraction of sp³-hybridized carbons (Fsp3) is 0.296. The van der Waals surface area contributed by atoms with Crippen molar-refractivity contribution in [2.24, 2.45) is 4.99 Å². The number of hydrogen-bond acceptors (Lipinski definition) is 8. The third kappa shape index (κ3) is 4.79. The number of hydrogen-bond donors (Lipinski definition) is 1. The summed E-state index contributed by atoms with van der Waals surface area (Å²) in [5.74, 6) is 0.356. The molecule has 2 aromatic carbocycles. The summed E-state index contributed by atoms with van der Waals surface area (Å²) in [7, 11) is 1.46. The molecular formula is C27H28N2O6S. The summed E-state index contributed by atoms with van der Waals surface area (Å²) < 4.78 is 18.6. The van der Waals surface area contributed by atoms with E-state index in [4.69, 9.17) is 14.2 Å². The monoisotopic (exact) mass is 508 g/mol. The number of esters is 1. The Morgan fingerprint density at radius 3 is 2.67 bits per heavy atom. The predicted molar refractivity (Wildman–Crippen MR) is 137 cm³/mol. The van der Waals surface area contributed by atoms with Crippen LogP contribution >= 0.6 is 11.3 Å². The lowest BCUT2D eigenvalue weighted by Gasteiger charge is -2.26. The van der Waals surface area contributed by atoms with Gasteiger partial charge in [0.25, 0.3) is 5.56 Å². The Morgan fingerprint density at radius 1 is 1.22 bits per heavy atom. The number of thiazole rings is 1. The number of phenols is 1. The van der Waals surface area contributed by atoms with Crippen molar-refractivity contribution >= 4 is 23.4 Å². The number of aromatic nitrogens is 1. The molecule has 9 heteroatoms. The topological polar surface area (TPSA) is 99.4 Å². The van der Waals surface area contributed by atoms with Crippen molar-refractivity contribution in [3.63, 3.8) is 0 Å². The van der Waals surface area contributed by atoms with E-state index in [1.165, 1.54) is 29.1 Å². The number of carbonyl (C=O) groups is 1. The lowest BCUT2D eigenvalue weighted by molar-refractivity contribution is -0.139. The summed E-state index contributed by atoms with van der Waals surface area (Å²) >= 11 is 1.22. The normalized spacial score (nSPS) is 15.5. The summed E-state index contributed by atoms with van der Waals surface area (Å²) in [6.07, 6.45) is 1.60. The van der Waals surface area contributed by atoms with Crippen LogP contribution in [-0.4, -0.2) is 35.5 Å². The fourth-order valence-electron chi connectivity index (χ4n) is 4.09. The Kier molecular flexibility index (Phi) is 7.30. The molecule has 0 fully saturated rings. The minimum Gasteiger partial charge on any atom is -0.504 e. The van der Waals surface area contributed by atoms with Gasteiger partial charge in [0.2, 0.25) is 0 Å². The number of rotatable bonds is 7. The van der Waals surface area contributed by atoms with Gasteiger partial charge in [-0.15, -0.1) is 0 Å². The number of phenolic OH excluding ortho intramolecular Hbond substituents is 1. The summed E-state index contributed by atoms with van der Waals surface area (Å²) in [6.45, 7) is 7.51. The van der Waals surface area contributed by atoms with Crippen LogP contribution < -0.4 is 24.4 Å². The van der Waals surface area contributed by atoms with Crippen molar-refractivity contribution in [3.8, 4) is 17.2 Å². The van der Waals surface area contributed by atoms with E-state index in [1.807, 2.05) is 38.1 Å². The molecule has 4 rings (SSSR count). The number of benzene rings is 2. The van der Waals surface area contributed by atoms with Gasteiger partial charge in [0.15, 0.2) is 16.3 Å². The van der Waals surface area contributed by atoms with Crippen molar-refractivity contribution in [3.05, 3.63) is 84.5 Å². The number of para-hydroxylation sites is 1. The van der Waals surface area contributed by atoms with Gasteiger partial charge in [-0.25, -0.2) is 9.79 Å². The number of carbonyl (C=O) groups excluding carboxylic acids is 1. The smallest absolute Gasteiger partial charge is 0.338 e. The molecule has 0 radical (unpaired) electrons. The molecule has 2 heterocycles. The highest BCUT2D eigenvalue weighted by Crippen LogP contribution is 2.36. The lowest BCUT2D eigenvalue weighted by atomic mass is 9.95. The first-order valence-electron chi connectivity index (χ1n) is 11.6. The number of nitrogens with zero attached hydrogens (tertiary/aromatic N) is 2. The van der Waals surface area contributed by atoms with Gasteiger partial charge in [-0.1, -0.05) is 35.6 Å². The molecule has 1 atom stereocenters. The highest BCUT2D eigenvalue weighted by atomic mass is 32.1. The van der Waals surface area contributed by atoms with E-state index in [1.54, 1.807) is 32.1 Å². The molecule has 8 nitrogen and oxygen atoms in total. The molecule has 1 N–H and O–H groups in total. The molecule has 1 unspecified atom stereocenters. The highest BCUT2D eigenvalue weighted by Gasteiger charge is 2.35. The van der Waals surface area contributed by atoms with E-state index in [0.717, 1.165) is 0 Å². The van der Waals surface area contributed by atoms with Crippen molar-refractivity contribution in [2.75, 3.05) is 13.7 Å². The number of aromatic hydroxyl groups is 1. The standard InChI is InChI=1S/C27H28N2O6S/c1-6-34-26(32)23-16(4)28-27-29(24(23)18-9-7-8-10-20(18)35-15(2)3)25(31)22(36-27)14-17-11-12-19(30)21(13-17)33-5/h7-15,24,30H,6H2,1-5H3/b22-14-. The number of ether oxygens (including phenoxy) is 3. The van der Waals surface area contributed by atoms with Crippen molar-refractivity contribution in [1.29, 1.82) is 0 Å². The zero-order valence-electron chi connectivity index (χ0n) is 20.8. The molecule has 0 bridgehead atoms. The maximum absolute atomic E-state index is 13.8. The molecule has 1 aliphatic heterocycles. The van der Waals surface area contributed by atoms with Crippen LogP contribution in [0.3, 0.4) is 0 Å². The molecule has 36 heavy (non-hydrogen) atoms. The Morgan fingerprint density at radius 2 is 1.97 bits per heavy atom. The number of fused-ring (bicyclic) bond motifs is 1. The summed E-state index contributed by atoms with van der Waals surface area (Å²) in [6, 6.07) is 11.4. The molecular weight excluding hydrogens is 480 g/mol. The molecule has 0 saturated carbocycles. The van der Waals surface area contributed by atoms with Crippen molar-refractivity contribution in [2.45, 2.75) is 39.8 Å². The number of methoxy groups -OCH3 is 1. The third-order valence-electron chi connectivity index (χ3n) is 5.59. The Bertz CT molecular complexity index is 1520. The predicted octanol–water partition coefficient (Wildman–Crippen LogP) is 3.30. The van der Waals surface area contributed by atoms with Gasteiger partial charge in [-0.3, -0.25) is 9.36 Å². The third-order valence-corrected chi connectivity index (χ3v) is 6.58. The second-order valence-corrected chi connectivity index (χ2v) is 9.45. The minimum atomic E-state index is -0.772. The summed E-state index contributed by atoms with van der Waals surface area (Å²) in [5.41, 5.74) is 1.82. The van der Waals surface area contributed by atoms with Crippen LogP contribution in [0.25, 0.3) is 6.08 Å². The largest absolute Gasteiger partial charge is 0.504 e. The van der Waals surface area contributed by atoms with Gasteiger partial charge < -0.3 is 19.3 Å². The van der Waals surface area contributed by atoms with Gasteiger partial charge >= 0.3 is 5.97 Å². The lowest BCUT2D eigenvalue weighted by Crippen LogP contribution is -2.40. The maximum atomic E-state index is 13.8. The van der Waals surface area contributed by atoms with Gasteiger partial charge in [0, 0.05) is 5.56 Å². The van der Waals surface area contributed by atoms with E-state index < -0.39 is 12.0 Å². The summed E-state index contributed by atoms with van der Waals surface area (Å²) in [5, 5.41) is 9.91. The van der Waals surface area contributed by atoms with E-state index in [2.05, 4.69) is 4.99 Å². The molecule has 0 spiro atoms. The minimum absolute atomic E-state index is 0.00701. The van der Waals surface area contributed by atoms with Crippen molar-refractivity contribution in [1.82, 2.24) is 4.57 Å². The molecule has 1 aromatic heterocycles. The average Bonchev–Trinajstić information content (AvgIpc) is 3.14. The second kappa shape index (κ2) is 10.4. The number of allylic oxidation sites excluding steroid dienone is 1. The van der Waals surface area contributed by atoms with E-state index >= 15 is 0 Å². The fourth-order valence-corrected chi connectivity index (χ4v) is 5.14. The van der Waals surface area contributed by atoms with E-state index in [-0.39, 0.29) is 24.0 Å². The Balaban J connectivity index is 1.97. The highest BCUT2D eigenvalue weighted by molar-refractivity contribution is 7.07. The van der Waals surface area contributed by atoms with Crippen LogP contribution in [0.5, 0.6) is 17.2 Å². The van der Waals surface area contributed by atoms with Crippen LogP contribution in [0, 0.1) is 0 Å². The van der Waals surface area contributed by atoms with Crippen LogP contribution in [0.2, 0.25) is 0 Å². The zero-order valence-corrected chi connectivity index (χ0v) is 21.6. The van der Waals surface area contributed by atoms with Gasteiger partial charge in [-0.2, -0.15) is 0 Å². The van der Waals surface area contributed by atoms with Crippen LogP contribution in [-0.2, 0) is 9.53 Å². The van der Waals surface area contributed by atoms with Crippen LogP contribution in [0.4, 0.5) is 0 Å². The van der Waals surface area contributed by atoms with Gasteiger partial charge in [0.05, 0.1) is 35.6 Å². The first kappa shape index (κ1) is 25.2. The Labute approximate surface area is 212 Å². The maximum Gasteiger partial charge on any atom is 0.338 e. The SMILES string of the molecule is CCOC(=O)C1=C(C)N=c2s/c(=C\c3ccc(O)c(OC)c3)c(=O)n2C1c1ccccc1OC(C)C. The quantitative estimate of drug-likeness (QED) is 0.492. The molecule has 0 amide bonds. The molecule has 0 aliphatic carbocycles. The first-order chi connectivity index (χ1) is 17.2. The van der Waals surface area contributed by atoms with E-state index in [0.29, 0.717) is 43.2 Å². The molecule has 188 valence electrons. The zero-order chi connectivity index (χ0) is 26.0. The Hall–Kier alpha value is -3.85. The van der Waals surface area contributed by atoms with Gasteiger partial charge in [0.1, 0.15) is 11.8 Å². The van der Waals surface area contributed by atoms with Crippen LogP contribution in [0.15, 0.2) is 63.5 Å². The molecule has 0 saturated heterocycles. The van der Waals surface area contributed by atoms with Crippen LogP contribution in [0.1, 0.15) is 44.9 Å². The molecule has 3 aromatic rings.